The number of methoxy groups -OCH3 is 1. The van der Waals surface area contributed by atoms with E-state index in [0.717, 1.165) is 5.56 Å². The minimum absolute atomic E-state index is 0.295. The zero-order chi connectivity index (χ0) is 14.8. The number of hydrogen-bond acceptors (Lipinski definition) is 5. The number of pyridine rings is 1. The molecule has 0 fully saturated rings. The summed E-state index contributed by atoms with van der Waals surface area (Å²) in [5.74, 6) is 0.929. The fourth-order valence-corrected chi connectivity index (χ4v) is 1.90. The number of aromatic nitrogens is 3. The predicted octanol–water partition coefficient (Wildman–Crippen LogP) is 3.25. The number of benzene rings is 1. The van der Waals surface area contributed by atoms with Crippen LogP contribution in [0.1, 0.15) is 5.56 Å². The first-order chi connectivity index (χ1) is 10.2. The van der Waals surface area contributed by atoms with Crippen LogP contribution in [-0.2, 0) is 0 Å². The molecular formula is C15H12FN3O2. The van der Waals surface area contributed by atoms with Crippen molar-refractivity contribution < 1.29 is 13.7 Å². The first-order valence-corrected chi connectivity index (χ1v) is 6.28. The summed E-state index contributed by atoms with van der Waals surface area (Å²) in [5, 5.41) is 3.93. The third-order valence-corrected chi connectivity index (χ3v) is 3.02. The second-order valence-electron chi connectivity index (χ2n) is 4.49. The van der Waals surface area contributed by atoms with Gasteiger partial charge in [0.15, 0.2) is 0 Å². The average Bonchev–Trinajstić information content (AvgIpc) is 3.00. The summed E-state index contributed by atoms with van der Waals surface area (Å²) in [5.41, 5.74) is 1.78. The fourth-order valence-electron chi connectivity index (χ4n) is 1.90. The van der Waals surface area contributed by atoms with E-state index in [1.165, 1.54) is 6.20 Å². The summed E-state index contributed by atoms with van der Waals surface area (Å²) >= 11 is 0. The molecule has 6 heteroatoms. The summed E-state index contributed by atoms with van der Waals surface area (Å²) in [6.07, 6.45) is 1.37. The minimum Gasteiger partial charge on any atom is -0.497 e. The molecule has 3 aromatic rings. The van der Waals surface area contributed by atoms with E-state index < -0.39 is 5.95 Å². The second-order valence-corrected chi connectivity index (χ2v) is 4.49. The van der Waals surface area contributed by atoms with Crippen LogP contribution < -0.4 is 4.74 Å². The standard InChI is InChI=1S/C15H12FN3O2/c1-9-6-11(8-17-13(9)16)15-18-14(19-21-15)10-4-3-5-12(7-10)20-2/h3-8H,1-2H3. The Hall–Kier alpha value is -2.76. The van der Waals surface area contributed by atoms with Crippen molar-refractivity contribution in [3.05, 3.63) is 48.0 Å². The maximum absolute atomic E-state index is 13.2. The van der Waals surface area contributed by atoms with Gasteiger partial charge in [0.1, 0.15) is 5.75 Å². The van der Waals surface area contributed by atoms with Gasteiger partial charge in [0.2, 0.25) is 11.8 Å². The Kier molecular flexibility index (Phi) is 3.35. The number of halogens is 1. The van der Waals surface area contributed by atoms with Crippen molar-refractivity contribution >= 4 is 0 Å². The van der Waals surface area contributed by atoms with Gasteiger partial charge in [-0.1, -0.05) is 17.3 Å². The largest absolute Gasteiger partial charge is 0.497 e. The van der Waals surface area contributed by atoms with E-state index in [4.69, 9.17) is 9.26 Å². The number of ether oxygens (including phenoxy) is 1. The molecule has 1 aromatic carbocycles. The Morgan fingerprint density at radius 2 is 2.05 bits per heavy atom. The maximum atomic E-state index is 13.2. The summed E-state index contributed by atoms with van der Waals surface area (Å²) in [4.78, 5) is 7.95. The molecule has 2 aromatic heterocycles. The molecule has 5 nitrogen and oxygen atoms in total. The van der Waals surface area contributed by atoms with Gasteiger partial charge in [-0.15, -0.1) is 0 Å². The molecule has 0 aliphatic carbocycles. The molecule has 0 aliphatic rings. The minimum atomic E-state index is -0.508. The molecule has 0 saturated carbocycles. The van der Waals surface area contributed by atoms with Crippen molar-refractivity contribution in [1.82, 2.24) is 15.1 Å². The van der Waals surface area contributed by atoms with E-state index in [1.807, 2.05) is 24.3 Å². The zero-order valence-electron chi connectivity index (χ0n) is 11.5. The number of nitrogens with zero attached hydrogens (tertiary/aromatic N) is 3. The lowest BCUT2D eigenvalue weighted by atomic mass is 10.2. The van der Waals surface area contributed by atoms with Crippen LogP contribution in [0.4, 0.5) is 4.39 Å². The first-order valence-electron chi connectivity index (χ1n) is 6.28. The van der Waals surface area contributed by atoms with Crippen molar-refractivity contribution in [3.8, 4) is 28.6 Å². The molecule has 106 valence electrons. The van der Waals surface area contributed by atoms with Gasteiger partial charge in [0.25, 0.3) is 5.89 Å². The molecule has 0 N–H and O–H groups in total. The Labute approximate surface area is 120 Å². The molecule has 21 heavy (non-hydrogen) atoms. The maximum Gasteiger partial charge on any atom is 0.259 e. The van der Waals surface area contributed by atoms with Gasteiger partial charge >= 0.3 is 0 Å². The number of rotatable bonds is 3. The van der Waals surface area contributed by atoms with Gasteiger partial charge in [-0.2, -0.15) is 9.37 Å². The summed E-state index contributed by atoms with van der Waals surface area (Å²) < 4.78 is 23.5. The Balaban J connectivity index is 1.97. The zero-order valence-corrected chi connectivity index (χ0v) is 11.5. The molecular weight excluding hydrogens is 273 g/mol. The third-order valence-electron chi connectivity index (χ3n) is 3.02. The van der Waals surface area contributed by atoms with Crippen molar-refractivity contribution in [3.63, 3.8) is 0 Å². The molecule has 0 aliphatic heterocycles. The highest BCUT2D eigenvalue weighted by Gasteiger charge is 2.12. The van der Waals surface area contributed by atoms with Crippen molar-refractivity contribution in [2.24, 2.45) is 0 Å². The van der Waals surface area contributed by atoms with Gasteiger partial charge in [0, 0.05) is 17.3 Å². The molecule has 2 heterocycles. The third kappa shape index (κ3) is 2.60. The van der Waals surface area contributed by atoms with Crippen LogP contribution in [0.3, 0.4) is 0 Å². The van der Waals surface area contributed by atoms with E-state index in [0.29, 0.717) is 28.6 Å². The summed E-state index contributed by atoms with van der Waals surface area (Å²) in [7, 11) is 1.59. The van der Waals surface area contributed by atoms with Gasteiger partial charge in [-0.25, -0.2) is 4.98 Å². The molecule has 0 unspecified atom stereocenters. The smallest absolute Gasteiger partial charge is 0.259 e. The SMILES string of the molecule is COc1cccc(-c2noc(-c3cnc(F)c(C)c3)n2)c1. The van der Waals surface area contributed by atoms with Crippen LogP contribution >= 0.6 is 0 Å². The molecule has 0 atom stereocenters. The Morgan fingerprint density at radius 1 is 1.19 bits per heavy atom. The van der Waals surface area contributed by atoms with E-state index >= 15 is 0 Å². The highest BCUT2D eigenvalue weighted by molar-refractivity contribution is 5.61. The van der Waals surface area contributed by atoms with E-state index in [1.54, 1.807) is 20.1 Å². The van der Waals surface area contributed by atoms with Gasteiger partial charge in [-0.3, -0.25) is 0 Å². The van der Waals surface area contributed by atoms with E-state index in [-0.39, 0.29) is 0 Å². The second kappa shape index (κ2) is 5.32. The number of aryl methyl sites for hydroxylation is 1. The average molecular weight is 285 g/mol. The number of hydrogen-bond donors (Lipinski definition) is 0. The topological polar surface area (TPSA) is 61.0 Å². The van der Waals surface area contributed by atoms with Gasteiger partial charge in [0.05, 0.1) is 12.7 Å². The van der Waals surface area contributed by atoms with Crippen molar-refractivity contribution in [2.45, 2.75) is 6.92 Å². The molecule has 0 saturated heterocycles. The quantitative estimate of drug-likeness (QED) is 0.691. The molecule has 0 bridgehead atoms. The van der Waals surface area contributed by atoms with Gasteiger partial charge < -0.3 is 9.26 Å². The van der Waals surface area contributed by atoms with Crippen molar-refractivity contribution in [1.29, 1.82) is 0 Å². The highest BCUT2D eigenvalue weighted by atomic mass is 19.1. The molecule has 0 amide bonds. The lowest BCUT2D eigenvalue weighted by molar-refractivity contribution is 0.414. The normalized spacial score (nSPS) is 10.6. The van der Waals surface area contributed by atoms with Gasteiger partial charge in [-0.05, 0) is 25.1 Å². The Bertz CT molecular complexity index is 786. The van der Waals surface area contributed by atoms with E-state index in [2.05, 4.69) is 15.1 Å². The highest BCUT2D eigenvalue weighted by Crippen LogP contribution is 2.25. The van der Waals surface area contributed by atoms with Crippen LogP contribution in [0.25, 0.3) is 22.8 Å². The van der Waals surface area contributed by atoms with Crippen LogP contribution in [-0.4, -0.2) is 22.2 Å². The van der Waals surface area contributed by atoms with Crippen LogP contribution in [0.15, 0.2) is 41.1 Å². The predicted molar refractivity (Wildman–Crippen MR) is 74.2 cm³/mol. The van der Waals surface area contributed by atoms with Crippen molar-refractivity contribution in [2.75, 3.05) is 7.11 Å². The molecule has 3 rings (SSSR count). The van der Waals surface area contributed by atoms with Crippen LogP contribution in [0, 0.1) is 12.9 Å². The summed E-state index contributed by atoms with van der Waals surface area (Å²) in [6, 6.07) is 8.95. The van der Waals surface area contributed by atoms with Crippen LogP contribution in [0.2, 0.25) is 0 Å². The summed E-state index contributed by atoms with van der Waals surface area (Å²) in [6.45, 7) is 1.63. The molecule has 0 radical (unpaired) electrons. The first kappa shape index (κ1) is 13.2. The molecule has 0 spiro atoms. The lowest BCUT2D eigenvalue weighted by Gasteiger charge is -2.00. The van der Waals surface area contributed by atoms with Crippen LogP contribution in [0.5, 0.6) is 5.75 Å². The lowest BCUT2D eigenvalue weighted by Crippen LogP contribution is -1.89. The van der Waals surface area contributed by atoms with E-state index in [9.17, 15) is 4.39 Å². The fraction of sp³-hybridized carbons (Fsp3) is 0.133. The Morgan fingerprint density at radius 3 is 2.81 bits per heavy atom. The monoisotopic (exact) mass is 285 g/mol.